The van der Waals surface area contributed by atoms with E-state index in [1.54, 1.807) is 29.2 Å². The van der Waals surface area contributed by atoms with Crippen molar-refractivity contribution in [3.05, 3.63) is 65.2 Å². The van der Waals surface area contributed by atoms with E-state index in [1.807, 2.05) is 45.0 Å². The number of piperazine rings is 1. The molecule has 11 heteroatoms. The number of nitrogens with one attached hydrogen (secondary N) is 1. The number of ether oxygens (including phenoxy) is 1. The SMILES string of the molecule is CCCC(CC(=O)NCCCC(C)C)CN1CC2N(C(=O)OCCc3ccc(C)cc3)O[C@H](CC(C)C)C(=O)N2[C@@H](Cc2ccc(O)cc2)C1=O. The molecule has 4 rings (SSSR count). The van der Waals surface area contributed by atoms with Gasteiger partial charge in [0, 0.05) is 32.4 Å². The number of hydroxylamine groups is 2. The fourth-order valence-electron chi connectivity index (χ4n) is 6.89. The molecule has 2 aliphatic rings. The Hall–Kier alpha value is -4.12. The van der Waals surface area contributed by atoms with E-state index < -0.39 is 24.4 Å². The Kier molecular flexibility index (Phi) is 14.7. The Balaban J connectivity index is 1.60. The molecule has 0 radical (unpaired) electrons. The number of fused-ring (bicyclic) bond motifs is 1. The molecule has 0 bridgehead atoms. The summed E-state index contributed by atoms with van der Waals surface area (Å²) in [5, 5.41) is 14.1. The third kappa shape index (κ3) is 11.4. The lowest BCUT2D eigenvalue weighted by Gasteiger charge is -2.53. The van der Waals surface area contributed by atoms with E-state index in [4.69, 9.17) is 9.57 Å². The second-order valence-corrected chi connectivity index (χ2v) is 15.0. The number of hydrogen-bond acceptors (Lipinski definition) is 7. The Morgan fingerprint density at radius 1 is 0.961 bits per heavy atom. The summed E-state index contributed by atoms with van der Waals surface area (Å²) in [4.78, 5) is 64.9. The average Bonchev–Trinajstić information content (AvgIpc) is 3.07. The van der Waals surface area contributed by atoms with E-state index in [0.29, 0.717) is 31.8 Å². The van der Waals surface area contributed by atoms with E-state index in [-0.39, 0.29) is 61.3 Å². The summed E-state index contributed by atoms with van der Waals surface area (Å²) in [6.45, 7) is 13.4. The summed E-state index contributed by atoms with van der Waals surface area (Å²) < 4.78 is 5.76. The zero-order valence-electron chi connectivity index (χ0n) is 31.3. The first-order valence-electron chi connectivity index (χ1n) is 18.7. The summed E-state index contributed by atoms with van der Waals surface area (Å²) in [5.41, 5.74) is 2.92. The molecule has 2 unspecified atom stereocenters. The first-order chi connectivity index (χ1) is 24.4. The van der Waals surface area contributed by atoms with Crippen LogP contribution < -0.4 is 5.32 Å². The van der Waals surface area contributed by atoms with Crippen LogP contribution in [0.2, 0.25) is 0 Å². The van der Waals surface area contributed by atoms with E-state index in [2.05, 4.69) is 26.1 Å². The predicted octanol–water partition coefficient (Wildman–Crippen LogP) is 6.01. The lowest BCUT2D eigenvalue weighted by molar-refractivity contribution is -0.268. The summed E-state index contributed by atoms with van der Waals surface area (Å²) in [5.74, 6) is -0.0191. The first-order valence-corrected chi connectivity index (χ1v) is 18.7. The van der Waals surface area contributed by atoms with Crippen LogP contribution in [-0.2, 0) is 36.8 Å². The van der Waals surface area contributed by atoms with Gasteiger partial charge < -0.3 is 25.0 Å². The van der Waals surface area contributed by atoms with Crippen LogP contribution in [0.15, 0.2) is 48.5 Å². The molecule has 2 N–H and O–H groups in total. The van der Waals surface area contributed by atoms with Gasteiger partial charge >= 0.3 is 6.09 Å². The zero-order chi connectivity index (χ0) is 37.1. The van der Waals surface area contributed by atoms with Crippen LogP contribution in [0.25, 0.3) is 0 Å². The van der Waals surface area contributed by atoms with Gasteiger partial charge in [0.1, 0.15) is 11.8 Å². The Bertz CT molecular complexity index is 1450. The molecule has 2 fully saturated rings. The maximum atomic E-state index is 14.5. The number of phenolic OH excluding ortho intramolecular Hbond substituents is 1. The Morgan fingerprint density at radius 3 is 2.29 bits per heavy atom. The number of nitrogens with zero attached hydrogens (tertiary/aromatic N) is 3. The van der Waals surface area contributed by atoms with E-state index in [1.165, 1.54) is 4.90 Å². The van der Waals surface area contributed by atoms with Gasteiger partial charge in [-0.2, -0.15) is 5.06 Å². The fraction of sp³-hybridized carbons (Fsp3) is 0.600. The van der Waals surface area contributed by atoms with Gasteiger partial charge in [0.05, 0.1) is 13.2 Å². The van der Waals surface area contributed by atoms with Crippen molar-refractivity contribution >= 4 is 23.8 Å². The van der Waals surface area contributed by atoms with Crippen LogP contribution in [0.1, 0.15) is 89.8 Å². The molecule has 11 nitrogen and oxygen atoms in total. The molecule has 280 valence electrons. The van der Waals surface area contributed by atoms with E-state index in [9.17, 15) is 24.3 Å². The van der Waals surface area contributed by atoms with Crippen molar-refractivity contribution in [3.8, 4) is 5.75 Å². The van der Waals surface area contributed by atoms with E-state index >= 15 is 0 Å². The molecule has 0 aromatic heterocycles. The van der Waals surface area contributed by atoms with Gasteiger partial charge in [0.2, 0.25) is 11.8 Å². The number of aromatic hydroxyl groups is 1. The molecule has 2 heterocycles. The number of benzene rings is 2. The van der Waals surface area contributed by atoms with E-state index in [0.717, 1.165) is 47.4 Å². The summed E-state index contributed by atoms with van der Waals surface area (Å²) in [6, 6.07) is 13.6. The quantitative estimate of drug-likeness (QED) is 0.193. The molecule has 2 aromatic carbocycles. The molecule has 0 aliphatic carbocycles. The van der Waals surface area contributed by atoms with Crippen LogP contribution in [-0.4, -0.2) is 88.3 Å². The zero-order valence-corrected chi connectivity index (χ0v) is 31.3. The largest absolute Gasteiger partial charge is 0.508 e. The van der Waals surface area contributed by atoms with Gasteiger partial charge in [-0.15, -0.1) is 0 Å². The smallest absolute Gasteiger partial charge is 0.436 e. The molecule has 0 spiro atoms. The molecular weight excluding hydrogens is 648 g/mol. The van der Waals surface area contributed by atoms with Crippen molar-refractivity contribution in [3.63, 3.8) is 0 Å². The highest BCUT2D eigenvalue weighted by Crippen LogP contribution is 2.32. The Morgan fingerprint density at radius 2 is 1.65 bits per heavy atom. The van der Waals surface area contributed by atoms with Gasteiger partial charge in [-0.3, -0.25) is 19.2 Å². The number of hydrogen-bond donors (Lipinski definition) is 2. The first kappa shape index (κ1) is 39.7. The van der Waals surface area contributed by atoms with Gasteiger partial charge in [-0.1, -0.05) is 83.0 Å². The van der Waals surface area contributed by atoms with Crippen LogP contribution in [0.3, 0.4) is 0 Å². The molecule has 4 atom stereocenters. The molecule has 2 aromatic rings. The Labute approximate surface area is 303 Å². The summed E-state index contributed by atoms with van der Waals surface area (Å²) in [7, 11) is 0. The van der Waals surface area contributed by atoms with Gasteiger partial charge in [0.15, 0.2) is 12.3 Å². The van der Waals surface area contributed by atoms with Crippen molar-refractivity contribution in [2.24, 2.45) is 17.8 Å². The van der Waals surface area contributed by atoms with Crippen molar-refractivity contribution in [2.45, 2.75) is 111 Å². The minimum absolute atomic E-state index is 0.0222. The molecule has 2 saturated heterocycles. The highest BCUT2D eigenvalue weighted by molar-refractivity contribution is 5.92. The number of carbonyl (C=O) groups is 4. The summed E-state index contributed by atoms with van der Waals surface area (Å²) >= 11 is 0. The van der Waals surface area contributed by atoms with Crippen LogP contribution in [0.5, 0.6) is 5.75 Å². The number of amides is 4. The van der Waals surface area contributed by atoms with Gasteiger partial charge in [-0.05, 0) is 73.6 Å². The molecule has 4 amide bonds. The second kappa shape index (κ2) is 18.9. The monoisotopic (exact) mass is 706 g/mol. The van der Waals surface area contributed by atoms with Crippen LogP contribution in [0.4, 0.5) is 4.79 Å². The normalized spacial score (nSPS) is 19.8. The standard InChI is InChI=1S/C40H58N4O7/c1-7-9-32(24-36(46)41-20-8-10-27(2)3)25-42-26-37-43(34(38(42)47)23-31-15-17-33(45)18-16-31)39(48)35(22-28(4)5)51-44(37)40(49)50-21-19-30-13-11-29(6)12-14-30/h11-18,27-28,32,34-35,37,45H,7-10,19-26H2,1-6H3,(H,41,46)/t32?,34-,35+,37?/m0/s1. The second-order valence-electron chi connectivity index (χ2n) is 15.0. The lowest BCUT2D eigenvalue weighted by Crippen LogP contribution is -2.74. The number of aryl methyl sites for hydroxylation is 1. The molecule has 51 heavy (non-hydrogen) atoms. The number of rotatable bonds is 17. The minimum Gasteiger partial charge on any atom is -0.508 e. The highest BCUT2D eigenvalue weighted by atomic mass is 16.7. The maximum absolute atomic E-state index is 14.5. The van der Waals surface area contributed by atoms with Crippen LogP contribution >= 0.6 is 0 Å². The van der Waals surface area contributed by atoms with Gasteiger partial charge in [0.25, 0.3) is 5.91 Å². The molecule has 0 saturated carbocycles. The third-order valence-electron chi connectivity index (χ3n) is 9.58. The van der Waals surface area contributed by atoms with Crippen LogP contribution in [0, 0.1) is 24.7 Å². The number of phenols is 1. The van der Waals surface area contributed by atoms with Crippen molar-refractivity contribution in [1.82, 2.24) is 20.2 Å². The molecular formula is C40H58N4O7. The molecule has 2 aliphatic heterocycles. The van der Waals surface area contributed by atoms with Crippen molar-refractivity contribution < 1.29 is 33.9 Å². The average molecular weight is 707 g/mol. The maximum Gasteiger partial charge on any atom is 0.436 e. The third-order valence-corrected chi connectivity index (χ3v) is 9.58. The van der Waals surface area contributed by atoms with Gasteiger partial charge in [-0.25, -0.2) is 4.79 Å². The summed E-state index contributed by atoms with van der Waals surface area (Å²) in [6.07, 6.45) is 2.19. The topological polar surface area (TPSA) is 129 Å². The minimum atomic E-state index is -0.972. The van der Waals surface area contributed by atoms with Crippen molar-refractivity contribution in [2.75, 3.05) is 26.2 Å². The fourth-order valence-corrected chi connectivity index (χ4v) is 6.89. The predicted molar refractivity (Wildman–Crippen MR) is 195 cm³/mol. The number of carbonyl (C=O) groups excluding carboxylic acids is 4. The lowest BCUT2D eigenvalue weighted by atomic mass is 9.94. The highest BCUT2D eigenvalue weighted by Gasteiger charge is 2.53. The van der Waals surface area contributed by atoms with Crippen molar-refractivity contribution in [1.29, 1.82) is 0 Å².